The molecule has 0 aromatic rings. The van der Waals surface area contributed by atoms with Crippen molar-refractivity contribution in [3.8, 4) is 0 Å². The van der Waals surface area contributed by atoms with Crippen LogP contribution in [0.2, 0.25) is 0 Å². The number of ether oxygens (including phenoxy) is 1. The summed E-state index contributed by atoms with van der Waals surface area (Å²) in [4.78, 5) is 73.2. The van der Waals surface area contributed by atoms with Gasteiger partial charge in [-0.1, -0.05) is 16.7 Å². The summed E-state index contributed by atoms with van der Waals surface area (Å²) in [5, 5.41) is 59.7. The summed E-state index contributed by atoms with van der Waals surface area (Å²) in [6.07, 6.45) is 4.76. The zero-order valence-corrected chi connectivity index (χ0v) is 29.5. The van der Waals surface area contributed by atoms with Crippen LogP contribution in [0.3, 0.4) is 0 Å². The highest BCUT2D eigenvalue weighted by Crippen LogP contribution is 2.11. The minimum absolute atomic E-state index is 0.0854. The average molecular weight is 724 g/mol. The third kappa shape index (κ3) is 18.0. The predicted octanol–water partition coefficient (Wildman–Crippen LogP) is 0.154. The lowest BCUT2D eigenvalue weighted by Gasteiger charge is -2.32. The number of aliphatic hydroxyl groups is 2. The van der Waals surface area contributed by atoms with E-state index in [4.69, 9.17) is 20.7 Å². The molecule has 1 rings (SSSR count). The summed E-state index contributed by atoms with van der Waals surface area (Å²) in [5.41, 5.74) is 7.37. The van der Waals surface area contributed by atoms with Crippen molar-refractivity contribution in [1.29, 1.82) is 0 Å². The van der Waals surface area contributed by atoms with Crippen molar-refractivity contribution in [2.45, 2.75) is 96.7 Å². The summed E-state index contributed by atoms with van der Waals surface area (Å²) < 4.78 is 5.11. The number of hydrogen-bond acceptors (Lipinski definition) is 13. The third-order valence-electron chi connectivity index (χ3n) is 7.75. The van der Waals surface area contributed by atoms with E-state index in [2.05, 4.69) is 10.6 Å². The summed E-state index contributed by atoms with van der Waals surface area (Å²) in [6.45, 7) is 3.77. The van der Waals surface area contributed by atoms with E-state index in [9.17, 15) is 44.4 Å². The maximum atomic E-state index is 12.5. The summed E-state index contributed by atoms with van der Waals surface area (Å²) >= 11 is 0. The van der Waals surface area contributed by atoms with Gasteiger partial charge in [0.15, 0.2) is 0 Å². The Balaban J connectivity index is 2.35. The second-order valence-corrected chi connectivity index (χ2v) is 12.3. The van der Waals surface area contributed by atoms with E-state index in [0.29, 0.717) is 16.7 Å². The van der Waals surface area contributed by atoms with Gasteiger partial charge in [0.05, 0.1) is 6.61 Å². The first-order valence-electron chi connectivity index (χ1n) is 16.8. The van der Waals surface area contributed by atoms with E-state index in [1.54, 1.807) is 20.8 Å². The molecule has 6 N–H and O–H groups in total. The van der Waals surface area contributed by atoms with Crippen molar-refractivity contribution >= 4 is 35.5 Å². The highest BCUT2D eigenvalue weighted by molar-refractivity contribution is 5.97. The number of aliphatic hydroxyl groups excluding tert-OH is 2. The summed E-state index contributed by atoms with van der Waals surface area (Å²) in [7, 11) is 0. The first-order chi connectivity index (χ1) is 24.1. The van der Waals surface area contributed by atoms with Crippen molar-refractivity contribution in [3.05, 3.63) is 50.6 Å². The van der Waals surface area contributed by atoms with Crippen molar-refractivity contribution < 1.29 is 43.7 Å². The fourth-order valence-electron chi connectivity index (χ4n) is 4.70. The molecule has 288 valence electrons. The lowest BCUT2D eigenvalue weighted by molar-refractivity contribution is -0.145. The van der Waals surface area contributed by atoms with Gasteiger partial charge in [-0.05, 0) is 72.1 Å². The van der Waals surface area contributed by atoms with Crippen LogP contribution in [0, 0.1) is 15.6 Å². The summed E-state index contributed by atoms with van der Waals surface area (Å²) in [5.74, 6) is -4.07. The normalized spacial score (nSPS) is 17.3. The van der Waals surface area contributed by atoms with Gasteiger partial charge in [0.25, 0.3) is 0 Å². The zero-order valence-electron chi connectivity index (χ0n) is 29.5. The maximum absolute atomic E-state index is 12.5. The number of amides is 5. The molecular formula is C33H51N6O12-3. The molecule has 0 spiro atoms. The van der Waals surface area contributed by atoms with Crippen LogP contribution in [0.1, 0.15) is 78.6 Å². The molecular weight excluding hydrogens is 672 g/mol. The van der Waals surface area contributed by atoms with Gasteiger partial charge < -0.3 is 62.1 Å². The predicted molar refractivity (Wildman–Crippen MR) is 185 cm³/mol. The number of carbonyl (C=O) groups is 6. The van der Waals surface area contributed by atoms with Crippen LogP contribution in [0.15, 0.2) is 34.9 Å². The van der Waals surface area contributed by atoms with Gasteiger partial charge in [-0.25, -0.2) is 0 Å². The number of rotatable bonds is 23. The van der Waals surface area contributed by atoms with E-state index in [-0.39, 0.29) is 112 Å². The molecule has 0 aromatic carbocycles. The number of hydroxylamine groups is 6. The Hall–Kier alpha value is -4.20. The molecule has 1 fully saturated rings. The lowest BCUT2D eigenvalue weighted by atomic mass is 10.0. The van der Waals surface area contributed by atoms with Crippen LogP contribution >= 0.6 is 0 Å². The number of nitrogens with two attached hydrogens (primary N) is 1. The minimum Gasteiger partial charge on any atom is -0.756 e. The van der Waals surface area contributed by atoms with E-state index >= 15 is 0 Å². The Morgan fingerprint density at radius 1 is 0.725 bits per heavy atom. The van der Waals surface area contributed by atoms with Gasteiger partial charge in [0, 0.05) is 57.5 Å². The highest BCUT2D eigenvalue weighted by Gasteiger charge is 2.32. The molecule has 51 heavy (non-hydrogen) atoms. The Labute approximate surface area is 297 Å². The van der Waals surface area contributed by atoms with Crippen molar-refractivity contribution in [3.63, 3.8) is 0 Å². The number of nitrogens with one attached hydrogen (secondary N) is 2. The molecule has 1 heterocycles. The molecule has 0 radical (unpaired) electrons. The van der Waals surface area contributed by atoms with Crippen LogP contribution in [-0.4, -0.2) is 118 Å². The number of hydrogen-bond donors (Lipinski definition) is 5. The standard InChI is InChI=1S/C33H51N6O12/c1-22(10-16-40)19-28(42)37(48)13-4-7-25(34)33(47)51-18-12-24(3)21-30(44)39(50)15-6-9-27-32(46)35-26(31(45)36-27)8-5-14-38(49)29(43)20-23(2)11-17-41/h19-21,25-27,40-41H,4-18,34H2,1-3H3,(H,35,46)(H,36,45)/q-3/b22-19+,23-20+,24-21+/t25-,26-,27-/m0/s1. The molecule has 0 saturated carbocycles. The highest BCUT2D eigenvalue weighted by atomic mass is 16.5. The van der Waals surface area contributed by atoms with E-state index in [1.165, 1.54) is 0 Å². The van der Waals surface area contributed by atoms with Gasteiger partial charge in [0.2, 0.25) is 29.5 Å². The van der Waals surface area contributed by atoms with E-state index < -0.39 is 53.6 Å². The largest absolute Gasteiger partial charge is 0.756 e. The van der Waals surface area contributed by atoms with Crippen molar-refractivity contribution in [1.82, 2.24) is 25.8 Å². The SMILES string of the molecule is C/C(=C\C(=O)N([O-])CCC[C@@H]1NC(=O)[C@H](CCCN([O-])C(=O)/C=C(\C)CCOC(=O)[C@@H](N)CCCN([O-])C(=O)/C=C(\C)CCO)NC1=O)CCO. The smallest absolute Gasteiger partial charge is 0.322 e. The first kappa shape index (κ1) is 44.8. The van der Waals surface area contributed by atoms with E-state index in [0.717, 1.165) is 18.2 Å². The van der Waals surface area contributed by atoms with Gasteiger partial charge in [0.1, 0.15) is 18.1 Å². The second-order valence-electron chi connectivity index (χ2n) is 12.3. The summed E-state index contributed by atoms with van der Waals surface area (Å²) in [6, 6.07) is -2.85. The number of carbonyl (C=O) groups excluding carboxylic acids is 6. The van der Waals surface area contributed by atoms with E-state index in [1.807, 2.05) is 0 Å². The molecule has 0 unspecified atom stereocenters. The molecule has 0 bridgehead atoms. The van der Waals surface area contributed by atoms with Crippen LogP contribution in [-0.2, 0) is 33.5 Å². The van der Waals surface area contributed by atoms with Gasteiger partial charge in [-0.2, -0.15) is 0 Å². The fourth-order valence-corrected chi connectivity index (χ4v) is 4.70. The molecule has 3 atom stereocenters. The Bertz CT molecular complexity index is 1290. The molecule has 0 aromatic heterocycles. The molecule has 1 saturated heterocycles. The Morgan fingerprint density at radius 2 is 1.10 bits per heavy atom. The second kappa shape index (κ2) is 24.1. The quantitative estimate of drug-likeness (QED) is 0.0534. The molecule has 1 aliphatic heterocycles. The Kier molecular flexibility index (Phi) is 21.2. The topological polar surface area (TPSA) is 281 Å². The number of piperazine rings is 1. The molecule has 18 heteroatoms. The maximum Gasteiger partial charge on any atom is 0.322 e. The minimum atomic E-state index is -1.03. The fraction of sp³-hybridized carbons (Fsp3) is 0.636. The van der Waals surface area contributed by atoms with Crippen molar-refractivity contribution in [2.75, 3.05) is 39.5 Å². The molecule has 5 amide bonds. The average Bonchev–Trinajstić information content (AvgIpc) is 3.06. The monoisotopic (exact) mass is 723 g/mol. The zero-order chi connectivity index (χ0) is 38.5. The molecule has 18 nitrogen and oxygen atoms in total. The van der Waals surface area contributed by atoms with Crippen LogP contribution in [0.25, 0.3) is 0 Å². The van der Waals surface area contributed by atoms with Gasteiger partial charge >= 0.3 is 5.97 Å². The van der Waals surface area contributed by atoms with Gasteiger partial charge in [-0.3, -0.25) is 28.8 Å². The van der Waals surface area contributed by atoms with Crippen LogP contribution < -0.4 is 16.4 Å². The lowest BCUT2D eigenvalue weighted by Crippen LogP contribution is -2.61. The van der Waals surface area contributed by atoms with Crippen molar-refractivity contribution in [2.24, 2.45) is 5.73 Å². The van der Waals surface area contributed by atoms with Crippen LogP contribution in [0.5, 0.6) is 0 Å². The van der Waals surface area contributed by atoms with Gasteiger partial charge in [-0.15, -0.1) is 0 Å². The Morgan fingerprint density at radius 3 is 1.49 bits per heavy atom. The number of nitrogens with zero attached hydrogens (tertiary/aromatic N) is 3. The molecule has 1 aliphatic rings. The first-order valence-corrected chi connectivity index (χ1v) is 16.8. The third-order valence-corrected chi connectivity index (χ3v) is 7.75. The molecule has 0 aliphatic carbocycles. The number of esters is 1. The van der Waals surface area contributed by atoms with Crippen LogP contribution in [0.4, 0.5) is 0 Å².